The van der Waals surface area contributed by atoms with Crippen LogP contribution in [-0.2, 0) is 6.42 Å². The molecule has 0 aliphatic rings. The van der Waals surface area contributed by atoms with Crippen LogP contribution in [0.2, 0.25) is 0 Å². The minimum atomic E-state index is 0.0736. The van der Waals surface area contributed by atoms with Crippen LogP contribution in [-0.4, -0.2) is 12.8 Å². The van der Waals surface area contributed by atoms with Gasteiger partial charge in [0.1, 0.15) is 0 Å². The van der Waals surface area contributed by atoms with E-state index in [9.17, 15) is 4.79 Å². The van der Waals surface area contributed by atoms with Crippen molar-refractivity contribution < 1.29 is 4.79 Å². The van der Waals surface area contributed by atoms with Gasteiger partial charge in [0, 0.05) is 22.8 Å². The fourth-order valence-corrected chi connectivity index (χ4v) is 2.52. The van der Waals surface area contributed by atoms with Crippen molar-refractivity contribution >= 4 is 33.1 Å². The summed E-state index contributed by atoms with van der Waals surface area (Å²) < 4.78 is 0.967. The number of aryl methyl sites for hydroxylation is 1. The Hall–Kier alpha value is -1.61. The van der Waals surface area contributed by atoms with E-state index in [-0.39, 0.29) is 5.78 Å². The van der Waals surface area contributed by atoms with E-state index >= 15 is 0 Å². The highest BCUT2D eigenvalue weighted by atomic mass is 79.9. The number of rotatable bonds is 4. The van der Waals surface area contributed by atoms with Gasteiger partial charge in [-0.15, -0.1) is 0 Å². The van der Waals surface area contributed by atoms with Crippen LogP contribution in [0.15, 0.2) is 46.9 Å². The quantitative estimate of drug-likeness (QED) is 0.736. The van der Waals surface area contributed by atoms with E-state index in [1.54, 1.807) is 6.92 Å². The van der Waals surface area contributed by atoms with E-state index in [0.29, 0.717) is 0 Å². The molecular weight excluding hydrogens is 314 g/mol. The Labute approximate surface area is 128 Å². The highest BCUT2D eigenvalue weighted by Crippen LogP contribution is 2.30. The number of Topliss-reactive ketones (excluding diaryl/α,β-unsaturated/α-hetero) is 1. The van der Waals surface area contributed by atoms with Crippen LogP contribution >= 0.6 is 15.9 Å². The first kappa shape index (κ1) is 14.8. The molecule has 20 heavy (non-hydrogen) atoms. The molecule has 0 saturated carbocycles. The summed E-state index contributed by atoms with van der Waals surface area (Å²) in [6, 6.07) is 14.2. The van der Waals surface area contributed by atoms with Gasteiger partial charge in [-0.05, 0) is 49.2 Å². The summed E-state index contributed by atoms with van der Waals surface area (Å²) in [5, 5.41) is 0. The molecule has 2 aromatic carbocycles. The van der Waals surface area contributed by atoms with Crippen molar-refractivity contribution in [2.24, 2.45) is 0 Å². The normalized spacial score (nSPS) is 10.4. The Morgan fingerprint density at radius 2 is 1.80 bits per heavy atom. The Morgan fingerprint density at radius 3 is 2.35 bits per heavy atom. The van der Waals surface area contributed by atoms with E-state index in [0.717, 1.165) is 27.8 Å². The van der Waals surface area contributed by atoms with Gasteiger partial charge in [0.25, 0.3) is 0 Å². The van der Waals surface area contributed by atoms with Crippen molar-refractivity contribution in [2.45, 2.75) is 20.3 Å². The molecule has 3 heteroatoms. The van der Waals surface area contributed by atoms with Gasteiger partial charge in [-0.25, -0.2) is 0 Å². The van der Waals surface area contributed by atoms with E-state index in [1.165, 1.54) is 5.56 Å². The lowest BCUT2D eigenvalue weighted by Gasteiger charge is -2.22. The first-order chi connectivity index (χ1) is 9.52. The first-order valence-corrected chi connectivity index (χ1v) is 7.45. The van der Waals surface area contributed by atoms with Crippen molar-refractivity contribution in [3.8, 4) is 0 Å². The first-order valence-electron chi connectivity index (χ1n) is 6.66. The molecule has 0 aliphatic carbocycles. The van der Waals surface area contributed by atoms with Crippen molar-refractivity contribution in [1.29, 1.82) is 0 Å². The van der Waals surface area contributed by atoms with Gasteiger partial charge in [0.15, 0.2) is 5.78 Å². The summed E-state index contributed by atoms with van der Waals surface area (Å²) in [5.74, 6) is 0.0736. The second-order valence-electron chi connectivity index (χ2n) is 4.80. The van der Waals surface area contributed by atoms with Crippen LogP contribution in [0.4, 0.5) is 11.4 Å². The summed E-state index contributed by atoms with van der Waals surface area (Å²) >= 11 is 3.47. The van der Waals surface area contributed by atoms with Crippen LogP contribution < -0.4 is 4.90 Å². The van der Waals surface area contributed by atoms with Crippen LogP contribution in [0.5, 0.6) is 0 Å². The van der Waals surface area contributed by atoms with Crippen molar-refractivity contribution in [2.75, 3.05) is 11.9 Å². The minimum absolute atomic E-state index is 0.0736. The number of carbonyl (C=O) groups excluding carboxylic acids is 1. The fourth-order valence-electron chi connectivity index (χ4n) is 2.17. The van der Waals surface area contributed by atoms with Crippen LogP contribution in [0.3, 0.4) is 0 Å². The minimum Gasteiger partial charge on any atom is -0.344 e. The molecular formula is C17H18BrNO. The maximum Gasteiger partial charge on any atom is 0.161 e. The Balaban J connectivity index is 2.43. The maximum absolute atomic E-state index is 11.8. The van der Waals surface area contributed by atoms with E-state index < -0.39 is 0 Å². The second-order valence-corrected chi connectivity index (χ2v) is 5.71. The average molecular weight is 332 g/mol. The molecule has 0 unspecified atom stereocenters. The van der Waals surface area contributed by atoms with Crippen molar-refractivity contribution in [3.05, 3.63) is 58.1 Å². The van der Waals surface area contributed by atoms with E-state index in [2.05, 4.69) is 47.1 Å². The molecule has 0 N–H and O–H groups in total. The molecule has 2 nitrogen and oxygen atoms in total. The highest BCUT2D eigenvalue weighted by Gasteiger charge is 2.13. The molecule has 0 atom stereocenters. The lowest BCUT2D eigenvalue weighted by atomic mass is 10.1. The molecule has 0 radical (unpaired) electrons. The van der Waals surface area contributed by atoms with E-state index in [4.69, 9.17) is 0 Å². The third-order valence-corrected chi connectivity index (χ3v) is 3.93. The molecule has 0 spiro atoms. The van der Waals surface area contributed by atoms with Crippen LogP contribution in [0.1, 0.15) is 29.8 Å². The van der Waals surface area contributed by atoms with E-state index in [1.807, 2.05) is 30.1 Å². The number of anilines is 2. The molecule has 0 fully saturated rings. The lowest BCUT2D eigenvalue weighted by molar-refractivity contribution is 0.101. The average Bonchev–Trinajstić information content (AvgIpc) is 2.46. The monoisotopic (exact) mass is 331 g/mol. The summed E-state index contributed by atoms with van der Waals surface area (Å²) in [4.78, 5) is 13.8. The second kappa shape index (κ2) is 6.23. The maximum atomic E-state index is 11.8. The van der Waals surface area contributed by atoms with Crippen LogP contribution in [0, 0.1) is 0 Å². The van der Waals surface area contributed by atoms with Crippen molar-refractivity contribution in [3.63, 3.8) is 0 Å². The molecule has 0 amide bonds. The summed E-state index contributed by atoms with van der Waals surface area (Å²) in [6.07, 6.45) is 1.03. The highest BCUT2D eigenvalue weighted by molar-refractivity contribution is 9.10. The molecule has 104 valence electrons. The van der Waals surface area contributed by atoms with Crippen molar-refractivity contribution in [1.82, 2.24) is 0 Å². The molecule has 0 saturated heterocycles. The molecule has 2 aromatic rings. The third kappa shape index (κ3) is 3.10. The molecule has 2 rings (SSSR count). The Morgan fingerprint density at radius 1 is 1.15 bits per heavy atom. The summed E-state index contributed by atoms with van der Waals surface area (Å²) in [6.45, 7) is 3.74. The zero-order valence-corrected chi connectivity index (χ0v) is 13.6. The number of halogens is 1. The Bertz CT molecular complexity index is 619. The van der Waals surface area contributed by atoms with Gasteiger partial charge in [-0.2, -0.15) is 0 Å². The smallest absolute Gasteiger partial charge is 0.161 e. The lowest BCUT2D eigenvalue weighted by Crippen LogP contribution is -2.13. The van der Waals surface area contributed by atoms with Gasteiger partial charge < -0.3 is 4.90 Å². The largest absolute Gasteiger partial charge is 0.344 e. The number of carbonyl (C=O) groups is 1. The number of ketones is 1. The van der Waals surface area contributed by atoms with Gasteiger partial charge in [-0.3, -0.25) is 4.79 Å². The molecule has 0 bridgehead atoms. The summed E-state index contributed by atoms with van der Waals surface area (Å²) in [5.41, 5.74) is 4.03. The fraction of sp³-hybridized carbons (Fsp3) is 0.235. The van der Waals surface area contributed by atoms with Gasteiger partial charge in [0.05, 0.1) is 5.69 Å². The van der Waals surface area contributed by atoms with Gasteiger partial charge >= 0.3 is 0 Å². The number of benzene rings is 2. The predicted molar refractivity (Wildman–Crippen MR) is 88.0 cm³/mol. The molecule has 0 aromatic heterocycles. The summed E-state index contributed by atoms with van der Waals surface area (Å²) in [7, 11) is 1.98. The zero-order valence-electron chi connectivity index (χ0n) is 12.0. The molecule has 0 heterocycles. The Kier molecular flexibility index (Phi) is 4.61. The van der Waals surface area contributed by atoms with Gasteiger partial charge in [0.2, 0.25) is 0 Å². The standard InChI is InChI=1S/C17H18BrNO/c1-4-13-5-8-15(9-6-13)19(3)17-11-14(18)7-10-16(17)12(2)20/h5-11H,4H2,1-3H3. The third-order valence-electron chi connectivity index (χ3n) is 3.43. The topological polar surface area (TPSA) is 20.3 Å². The molecule has 0 aliphatic heterocycles. The number of nitrogens with zero attached hydrogens (tertiary/aromatic N) is 1. The number of hydrogen-bond donors (Lipinski definition) is 0. The SMILES string of the molecule is CCc1ccc(N(C)c2cc(Br)ccc2C(C)=O)cc1. The van der Waals surface area contributed by atoms with Gasteiger partial charge in [-0.1, -0.05) is 35.0 Å². The zero-order chi connectivity index (χ0) is 14.7. The van der Waals surface area contributed by atoms with Crippen LogP contribution in [0.25, 0.3) is 0 Å². The number of hydrogen-bond acceptors (Lipinski definition) is 2. The predicted octanol–water partition coefficient (Wildman–Crippen LogP) is 4.98.